The second-order valence-corrected chi connectivity index (χ2v) is 13.8. The smallest absolute Gasteiger partial charge is 0.235 e. The van der Waals surface area contributed by atoms with Gasteiger partial charge in [-0.1, -0.05) is 152 Å². The van der Waals surface area contributed by atoms with Gasteiger partial charge in [0, 0.05) is 41.0 Å². The van der Waals surface area contributed by atoms with Crippen LogP contribution in [0.25, 0.3) is 55.2 Å². The largest absolute Gasteiger partial charge is 0.318 e. The predicted octanol–water partition coefficient (Wildman–Crippen LogP) is 12.2. The molecule has 1 aliphatic heterocycles. The Labute approximate surface area is 297 Å². The van der Waals surface area contributed by atoms with Gasteiger partial charge in [-0.3, -0.25) is 0 Å². The molecule has 2 aliphatic carbocycles. The van der Waals surface area contributed by atoms with Crippen LogP contribution in [0.5, 0.6) is 0 Å². The third kappa shape index (κ3) is 4.14. The van der Waals surface area contributed by atoms with E-state index in [9.17, 15) is 0 Å². The molecule has 0 N–H and O–H groups in total. The van der Waals surface area contributed by atoms with Crippen molar-refractivity contribution in [3.8, 4) is 33.4 Å². The highest BCUT2D eigenvalue weighted by Crippen LogP contribution is 2.55. The molecule has 0 saturated heterocycles. The fourth-order valence-electron chi connectivity index (χ4n) is 9.06. The first-order chi connectivity index (χ1) is 25.3. The van der Waals surface area contributed by atoms with Gasteiger partial charge in [0.2, 0.25) is 17.1 Å². The highest BCUT2D eigenvalue weighted by Gasteiger charge is 2.40. The third-order valence-electron chi connectivity index (χ3n) is 11.1. The van der Waals surface area contributed by atoms with Crippen LogP contribution in [0.4, 0.5) is 11.4 Å². The number of rotatable bonds is 4. The van der Waals surface area contributed by atoms with Gasteiger partial charge in [0.15, 0.2) is 0 Å². The zero-order valence-electron chi connectivity index (χ0n) is 27.9. The second kappa shape index (κ2) is 11.0. The maximum absolute atomic E-state index is 2.60. The van der Waals surface area contributed by atoms with Crippen molar-refractivity contribution in [1.29, 1.82) is 0 Å². The van der Waals surface area contributed by atoms with Crippen molar-refractivity contribution < 1.29 is 0 Å². The fourth-order valence-corrected chi connectivity index (χ4v) is 9.06. The first-order valence-electron chi connectivity index (χ1n) is 17.8. The number of aromatic nitrogens is 1. The van der Waals surface area contributed by atoms with Gasteiger partial charge in [-0.2, -0.15) is 4.58 Å². The molecule has 0 spiro atoms. The van der Waals surface area contributed by atoms with Crippen molar-refractivity contribution in [1.82, 2.24) is 9.14 Å². The molecule has 7 aromatic carbocycles. The van der Waals surface area contributed by atoms with Crippen molar-refractivity contribution in [3.63, 3.8) is 0 Å². The van der Waals surface area contributed by atoms with Gasteiger partial charge in [-0.05, 0) is 62.2 Å². The number of benzene rings is 7. The Morgan fingerprint density at radius 2 is 1.22 bits per heavy atom. The Kier molecular flexibility index (Phi) is 6.11. The van der Waals surface area contributed by atoms with E-state index in [4.69, 9.17) is 0 Å². The molecule has 238 valence electrons. The Hall–Kier alpha value is -6.51. The molecule has 0 fully saturated rings. The standard InChI is InChI=1S/C49H33N2/c1-4-15-32(16-5-1)34-29-35(33-17-6-2-7-18-33)31-36(30-34)46-39-22-11-10-21-38(39)40-27-28-44-47(48(40)46)41-23-14-26-45-49(41)51(44)43-25-13-12-24-42(43)50(45)37-19-8-3-9-20-37/h1-31,43,46H/q+1. The minimum atomic E-state index is 0.0740. The first kappa shape index (κ1) is 28.3. The van der Waals surface area contributed by atoms with Crippen molar-refractivity contribution in [3.05, 3.63) is 205 Å². The summed E-state index contributed by atoms with van der Waals surface area (Å²) >= 11 is 0. The van der Waals surface area contributed by atoms with Crippen molar-refractivity contribution in [2.75, 3.05) is 0 Å². The minimum Gasteiger partial charge on any atom is -0.318 e. The van der Waals surface area contributed by atoms with Crippen LogP contribution < -0.4 is 4.58 Å². The van der Waals surface area contributed by atoms with Gasteiger partial charge in [-0.25, -0.2) is 0 Å². The molecule has 3 aliphatic rings. The molecule has 0 amide bonds. The average Bonchev–Trinajstić information content (AvgIpc) is 3.73. The van der Waals surface area contributed by atoms with E-state index >= 15 is 0 Å². The van der Waals surface area contributed by atoms with Gasteiger partial charge in [0.1, 0.15) is 11.6 Å². The van der Waals surface area contributed by atoms with Crippen LogP contribution in [0.1, 0.15) is 28.7 Å². The summed E-state index contributed by atoms with van der Waals surface area (Å²) in [6, 6.07) is 60.6. The average molecular weight is 650 g/mol. The summed E-state index contributed by atoms with van der Waals surface area (Å²) in [5.41, 5.74) is 17.9. The lowest BCUT2D eigenvalue weighted by Crippen LogP contribution is -2.30. The van der Waals surface area contributed by atoms with Crippen LogP contribution >= 0.6 is 0 Å². The lowest BCUT2D eigenvalue weighted by atomic mass is 9.84. The van der Waals surface area contributed by atoms with Crippen LogP contribution in [0, 0.1) is 0 Å². The van der Waals surface area contributed by atoms with E-state index in [0.29, 0.717) is 0 Å². The summed E-state index contributed by atoms with van der Waals surface area (Å²) in [5, 5.41) is 2.66. The van der Waals surface area contributed by atoms with Crippen LogP contribution in [0.15, 0.2) is 188 Å². The number of allylic oxidation sites excluding steroid dienone is 4. The van der Waals surface area contributed by atoms with Crippen LogP contribution in [-0.4, -0.2) is 10.3 Å². The number of para-hydroxylation sites is 2. The monoisotopic (exact) mass is 649 g/mol. The number of nitrogens with zero attached hydrogens (tertiary/aromatic N) is 2. The van der Waals surface area contributed by atoms with E-state index in [-0.39, 0.29) is 12.0 Å². The van der Waals surface area contributed by atoms with Gasteiger partial charge < -0.3 is 4.57 Å². The summed E-state index contributed by atoms with van der Waals surface area (Å²) in [5.74, 6) is 0.0740. The molecule has 2 atom stereocenters. The summed E-state index contributed by atoms with van der Waals surface area (Å²) in [6.07, 6.45) is 9.02. The normalized spacial score (nSPS) is 16.8. The Bertz CT molecular complexity index is 2720. The van der Waals surface area contributed by atoms with Gasteiger partial charge in [0.05, 0.1) is 5.52 Å². The summed E-state index contributed by atoms with van der Waals surface area (Å²) in [4.78, 5) is 0. The highest BCUT2D eigenvalue weighted by atomic mass is 15.2. The molecule has 2 nitrogen and oxygen atoms in total. The topological polar surface area (TPSA) is 7.94 Å². The molecule has 11 rings (SSSR count). The van der Waals surface area contributed by atoms with Gasteiger partial charge in [0.25, 0.3) is 0 Å². The van der Waals surface area contributed by atoms with E-state index < -0.39 is 0 Å². The predicted molar refractivity (Wildman–Crippen MR) is 213 cm³/mol. The molecule has 0 radical (unpaired) electrons. The van der Waals surface area contributed by atoms with Crippen molar-refractivity contribution >= 4 is 38.9 Å². The van der Waals surface area contributed by atoms with E-state index in [0.717, 1.165) is 0 Å². The van der Waals surface area contributed by atoms with Crippen molar-refractivity contribution in [2.24, 2.45) is 0 Å². The molecular formula is C49H33N2+. The SMILES string of the molecule is C1=CC2=[N+](c3ccccc3)c3cccc4c5c6c(ccc5n(c34)C2C=C1)-c1ccccc1C6c1cc(-c2ccccc2)cc(-c2ccccc2)c1. The zero-order valence-corrected chi connectivity index (χ0v) is 27.9. The molecule has 0 saturated carbocycles. The molecule has 8 aromatic rings. The Balaban J connectivity index is 1.23. The number of fused-ring (bicyclic) bond motifs is 9. The Morgan fingerprint density at radius 3 is 1.96 bits per heavy atom. The number of hydrogen-bond acceptors (Lipinski definition) is 0. The maximum atomic E-state index is 2.60. The third-order valence-corrected chi connectivity index (χ3v) is 11.1. The number of hydrogen-bond donors (Lipinski definition) is 0. The van der Waals surface area contributed by atoms with Gasteiger partial charge >= 0.3 is 0 Å². The molecule has 2 heterocycles. The van der Waals surface area contributed by atoms with E-state index in [2.05, 4.69) is 197 Å². The quantitative estimate of drug-likeness (QED) is 0.168. The molecule has 2 heteroatoms. The van der Waals surface area contributed by atoms with E-state index in [1.165, 1.54) is 89.0 Å². The van der Waals surface area contributed by atoms with Crippen LogP contribution in [-0.2, 0) is 0 Å². The van der Waals surface area contributed by atoms with Crippen LogP contribution in [0.2, 0.25) is 0 Å². The molecular weight excluding hydrogens is 617 g/mol. The lowest BCUT2D eigenvalue weighted by molar-refractivity contribution is 0.781. The Morgan fingerprint density at radius 1 is 0.529 bits per heavy atom. The summed E-state index contributed by atoms with van der Waals surface area (Å²) in [7, 11) is 0. The summed E-state index contributed by atoms with van der Waals surface area (Å²) < 4.78 is 5.07. The zero-order chi connectivity index (χ0) is 33.5. The fraction of sp³-hybridized carbons (Fsp3) is 0.0408. The maximum Gasteiger partial charge on any atom is 0.235 e. The first-order valence-corrected chi connectivity index (χ1v) is 17.8. The van der Waals surface area contributed by atoms with E-state index in [1.54, 1.807) is 0 Å². The minimum absolute atomic E-state index is 0.0740. The molecule has 0 bridgehead atoms. The molecule has 1 aromatic heterocycles. The van der Waals surface area contributed by atoms with E-state index in [1.807, 2.05) is 0 Å². The molecule has 51 heavy (non-hydrogen) atoms. The lowest BCUT2D eigenvalue weighted by Gasteiger charge is -2.24. The molecule has 2 unspecified atom stereocenters. The van der Waals surface area contributed by atoms with Crippen LogP contribution in [0.3, 0.4) is 0 Å². The second-order valence-electron chi connectivity index (χ2n) is 13.8. The summed E-state index contributed by atoms with van der Waals surface area (Å²) in [6.45, 7) is 0. The highest BCUT2D eigenvalue weighted by molar-refractivity contribution is 6.20. The van der Waals surface area contributed by atoms with Gasteiger partial charge in [-0.15, -0.1) is 0 Å². The van der Waals surface area contributed by atoms with Crippen molar-refractivity contribution in [2.45, 2.75) is 12.0 Å².